The summed E-state index contributed by atoms with van der Waals surface area (Å²) in [4.78, 5) is 0.869. The molecule has 74 valence electrons. The summed E-state index contributed by atoms with van der Waals surface area (Å²) in [6.07, 6.45) is 0. The van der Waals surface area contributed by atoms with E-state index in [2.05, 4.69) is 10.2 Å². The van der Waals surface area contributed by atoms with Crippen LogP contribution < -0.4 is 16.3 Å². The molecule has 7 heteroatoms. The Morgan fingerprint density at radius 2 is 2.29 bits per heavy atom. The van der Waals surface area contributed by atoms with E-state index in [0.29, 0.717) is 5.82 Å². The van der Waals surface area contributed by atoms with Gasteiger partial charge in [0.1, 0.15) is 5.75 Å². The first-order valence-corrected chi connectivity index (χ1v) is 4.69. The Labute approximate surface area is 84.1 Å². The zero-order chi connectivity index (χ0) is 10.1. The Hall–Kier alpha value is -1.76. The van der Waals surface area contributed by atoms with Gasteiger partial charge in [-0.2, -0.15) is 0 Å². The lowest BCUT2D eigenvalue weighted by molar-refractivity contribution is 0.417. The van der Waals surface area contributed by atoms with Crippen LogP contribution in [0.5, 0.6) is 5.75 Å². The monoisotopic (exact) mass is 211 g/mol. The van der Waals surface area contributed by atoms with E-state index in [9.17, 15) is 0 Å². The Balaban J connectivity index is 2.44. The van der Waals surface area contributed by atoms with Crippen molar-refractivity contribution in [3.63, 3.8) is 0 Å². The summed E-state index contributed by atoms with van der Waals surface area (Å²) in [5, 5.41) is 9.37. The van der Waals surface area contributed by atoms with Crippen molar-refractivity contribution in [1.82, 2.24) is 14.9 Å². The van der Waals surface area contributed by atoms with Gasteiger partial charge in [0, 0.05) is 11.4 Å². The second-order valence-corrected chi connectivity index (χ2v) is 3.51. The van der Waals surface area contributed by atoms with Gasteiger partial charge in [0.2, 0.25) is 5.95 Å². The first kappa shape index (κ1) is 8.82. The number of nitrogens with zero attached hydrogens (tertiary/aromatic N) is 3. The highest BCUT2D eigenvalue weighted by molar-refractivity contribution is 7.13. The number of thiophene rings is 1. The van der Waals surface area contributed by atoms with E-state index < -0.39 is 0 Å². The smallest absolute Gasteiger partial charge is 0.241 e. The molecule has 0 fully saturated rings. The zero-order valence-corrected chi connectivity index (χ0v) is 8.28. The summed E-state index contributed by atoms with van der Waals surface area (Å²) in [6.45, 7) is 0. The van der Waals surface area contributed by atoms with E-state index >= 15 is 0 Å². The molecule has 0 aliphatic heterocycles. The molecule has 0 bridgehead atoms. The van der Waals surface area contributed by atoms with Crippen molar-refractivity contribution in [2.24, 2.45) is 0 Å². The third-order valence-corrected chi connectivity index (χ3v) is 2.66. The zero-order valence-electron chi connectivity index (χ0n) is 7.47. The molecule has 0 spiro atoms. The predicted octanol–water partition coefficient (Wildman–Crippen LogP) is 0.311. The molecule has 4 N–H and O–H groups in total. The molecule has 0 saturated carbocycles. The molecule has 0 atom stereocenters. The molecular weight excluding hydrogens is 202 g/mol. The average molecular weight is 211 g/mol. The van der Waals surface area contributed by atoms with Crippen molar-refractivity contribution in [1.29, 1.82) is 0 Å². The van der Waals surface area contributed by atoms with E-state index in [1.165, 1.54) is 16.0 Å². The van der Waals surface area contributed by atoms with Crippen molar-refractivity contribution in [3.8, 4) is 16.5 Å². The second-order valence-electron chi connectivity index (χ2n) is 2.60. The maximum Gasteiger partial charge on any atom is 0.241 e. The molecule has 2 heterocycles. The van der Waals surface area contributed by atoms with Crippen molar-refractivity contribution < 1.29 is 4.74 Å². The molecule has 2 aromatic rings. The van der Waals surface area contributed by atoms with Crippen molar-refractivity contribution in [2.75, 3.05) is 18.7 Å². The number of hydrogen-bond acceptors (Lipinski definition) is 6. The lowest BCUT2D eigenvalue weighted by atomic mass is 10.4. The van der Waals surface area contributed by atoms with E-state index in [1.807, 2.05) is 11.4 Å². The highest BCUT2D eigenvalue weighted by atomic mass is 32.1. The summed E-state index contributed by atoms with van der Waals surface area (Å²) < 4.78 is 6.29. The third kappa shape index (κ3) is 1.27. The molecule has 0 saturated heterocycles. The maximum atomic E-state index is 5.62. The second kappa shape index (κ2) is 3.18. The first-order chi connectivity index (χ1) is 6.72. The van der Waals surface area contributed by atoms with Crippen molar-refractivity contribution in [3.05, 3.63) is 11.4 Å². The minimum absolute atomic E-state index is 0.187. The average Bonchev–Trinajstić information content (AvgIpc) is 2.75. The molecule has 2 rings (SSSR count). The van der Waals surface area contributed by atoms with Gasteiger partial charge in [0.25, 0.3) is 0 Å². The number of methoxy groups -OCH3 is 1. The highest BCUT2D eigenvalue weighted by Gasteiger charge is 2.11. The molecule has 0 aromatic carbocycles. The van der Waals surface area contributed by atoms with Crippen LogP contribution in [0.2, 0.25) is 0 Å². The minimum Gasteiger partial charge on any atom is -0.496 e. The summed E-state index contributed by atoms with van der Waals surface area (Å²) in [7, 11) is 1.60. The number of nitrogen functional groups attached to an aromatic ring is 2. The van der Waals surface area contributed by atoms with Gasteiger partial charge in [0.05, 0.1) is 12.0 Å². The van der Waals surface area contributed by atoms with Crippen molar-refractivity contribution >= 4 is 17.3 Å². The molecule has 0 aliphatic rings. The van der Waals surface area contributed by atoms with Gasteiger partial charge in [-0.1, -0.05) is 0 Å². The number of nitrogens with two attached hydrogens (primary N) is 2. The summed E-state index contributed by atoms with van der Waals surface area (Å²) in [5.74, 6) is 7.11. The molecule has 0 radical (unpaired) electrons. The van der Waals surface area contributed by atoms with Gasteiger partial charge in [-0.05, 0) is 0 Å². The molecular formula is C7H9N5OS. The molecule has 0 unspecified atom stereocenters. The minimum atomic E-state index is 0.187. The van der Waals surface area contributed by atoms with Gasteiger partial charge in [0.15, 0.2) is 5.82 Å². The Morgan fingerprint density at radius 3 is 2.79 bits per heavy atom. The van der Waals surface area contributed by atoms with E-state index in [1.54, 1.807) is 7.11 Å². The lowest BCUT2D eigenvalue weighted by Gasteiger charge is -1.96. The number of ether oxygens (including phenoxy) is 1. The molecule has 6 nitrogen and oxygen atoms in total. The fourth-order valence-electron chi connectivity index (χ4n) is 1.01. The van der Waals surface area contributed by atoms with E-state index in [4.69, 9.17) is 16.3 Å². The topological polar surface area (TPSA) is 92.0 Å². The van der Waals surface area contributed by atoms with Gasteiger partial charge >= 0.3 is 0 Å². The molecule has 0 amide bonds. The van der Waals surface area contributed by atoms with Crippen LogP contribution in [0.3, 0.4) is 0 Å². The predicted molar refractivity (Wildman–Crippen MR) is 54.4 cm³/mol. The first-order valence-electron chi connectivity index (χ1n) is 3.81. The largest absolute Gasteiger partial charge is 0.496 e. The molecule has 0 aliphatic carbocycles. The highest BCUT2D eigenvalue weighted by Crippen LogP contribution is 2.29. The van der Waals surface area contributed by atoms with Crippen LogP contribution in [0.1, 0.15) is 0 Å². The summed E-state index contributed by atoms with van der Waals surface area (Å²) >= 11 is 1.47. The number of anilines is 1. The Kier molecular flexibility index (Phi) is 2.01. The van der Waals surface area contributed by atoms with E-state index in [0.717, 1.165) is 10.6 Å². The third-order valence-electron chi connectivity index (χ3n) is 1.75. The van der Waals surface area contributed by atoms with Crippen LogP contribution in [0.25, 0.3) is 10.7 Å². The normalized spacial score (nSPS) is 10.4. The SMILES string of the molecule is COc1csc(-c2nnc(N)n2N)c1. The van der Waals surface area contributed by atoms with Crippen LogP contribution in [0.4, 0.5) is 5.95 Å². The number of rotatable bonds is 2. The van der Waals surface area contributed by atoms with Crippen LogP contribution in [-0.4, -0.2) is 22.0 Å². The van der Waals surface area contributed by atoms with Crippen LogP contribution in [-0.2, 0) is 0 Å². The van der Waals surface area contributed by atoms with Gasteiger partial charge < -0.3 is 16.3 Å². The van der Waals surface area contributed by atoms with E-state index in [-0.39, 0.29) is 5.95 Å². The van der Waals surface area contributed by atoms with Crippen molar-refractivity contribution in [2.45, 2.75) is 0 Å². The Bertz CT molecular complexity index is 449. The van der Waals surface area contributed by atoms with Crippen LogP contribution in [0, 0.1) is 0 Å². The van der Waals surface area contributed by atoms with Gasteiger partial charge in [-0.25, -0.2) is 4.68 Å². The summed E-state index contributed by atoms with van der Waals surface area (Å²) in [6, 6.07) is 1.83. The quantitative estimate of drug-likeness (QED) is 0.697. The molecule has 2 aromatic heterocycles. The number of hydrogen-bond donors (Lipinski definition) is 2. The fraction of sp³-hybridized carbons (Fsp3) is 0.143. The maximum absolute atomic E-state index is 5.62. The fourth-order valence-corrected chi connectivity index (χ4v) is 1.85. The standard InChI is InChI=1S/C7H9N5OS/c1-13-4-2-5(14-3-4)6-10-11-7(8)12(6)9/h2-3H,9H2,1H3,(H2,8,11). The lowest BCUT2D eigenvalue weighted by Crippen LogP contribution is -2.12. The number of aromatic nitrogens is 3. The molecule has 14 heavy (non-hydrogen) atoms. The van der Waals surface area contributed by atoms with Crippen LogP contribution in [0.15, 0.2) is 11.4 Å². The van der Waals surface area contributed by atoms with Gasteiger partial charge in [-0.15, -0.1) is 21.5 Å². The Morgan fingerprint density at radius 1 is 1.50 bits per heavy atom. The van der Waals surface area contributed by atoms with Crippen LogP contribution >= 0.6 is 11.3 Å². The van der Waals surface area contributed by atoms with Gasteiger partial charge in [-0.3, -0.25) is 0 Å². The summed E-state index contributed by atoms with van der Waals surface area (Å²) in [5.41, 5.74) is 5.46.